The van der Waals surface area contributed by atoms with Gasteiger partial charge in [-0.2, -0.15) is 17.0 Å². The number of nitriles is 1. The van der Waals surface area contributed by atoms with Crippen LogP contribution in [0.5, 0.6) is 0 Å². The second-order valence-corrected chi connectivity index (χ2v) is 6.62. The van der Waals surface area contributed by atoms with E-state index in [1.165, 1.54) is 25.7 Å². The fourth-order valence-corrected chi connectivity index (χ4v) is 3.85. The highest BCUT2D eigenvalue weighted by Gasteiger charge is 2.23. The summed E-state index contributed by atoms with van der Waals surface area (Å²) >= 11 is 2.07. The van der Waals surface area contributed by atoms with Crippen molar-refractivity contribution in [3.8, 4) is 6.07 Å². The van der Waals surface area contributed by atoms with Crippen LogP contribution in [0.15, 0.2) is 0 Å². The molecule has 1 fully saturated rings. The summed E-state index contributed by atoms with van der Waals surface area (Å²) in [5, 5.41) is 13.0. The topological polar surface area (TPSA) is 35.8 Å². The second kappa shape index (κ2) is 6.51. The van der Waals surface area contributed by atoms with E-state index in [0.717, 1.165) is 23.3 Å². The van der Waals surface area contributed by atoms with Crippen LogP contribution < -0.4 is 5.32 Å². The minimum Gasteiger partial charge on any atom is -0.303 e. The zero-order valence-electron chi connectivity index (χ0n) is 10.8. The van der Waals surface area contributed by atoms with E-state index in [1.54, 1.807) is 0 Å². The maximum Gasteiger partial charge on any atom is 0.104 e. The van der Waals surface area contributed by atoms with Gasteiger partial charge in [-0.15, -0.1) is 0 Å². The molecular formula is C13H24N2S. The van der Waals surface area contributed by atoms with Crippen LogP contribution in [0.4, 0.5) is 0 Å². The molecule has 3 atom stereocenters. The highest BCUT2D eigenvalue weighted by molar-refractivity contribution is 7.99. The van der Waals surface area contributed by atoms with Crippen molar-refractivity contribution < 1.29 is 0 Å². The first-order valence-corrected chi connectivity index (χ1v) is 7.36. The second-order valence-electron chi connectivity index (χ2n) is 5.21. The summed E-state index contributed by atoms with van der Waals surface area (Å²) in [4.78, 5) is 0. The summed E-state index contributed by atoms with van der Waals surface area (Å²) in [7, 11) is 1.87. The fourth-order valence-electron chi connectivity index (χ4n) is 2.20. The molecule has 3 heteroatoms. The molecule has 92 valence electrons. The molecule has 1 N–H and O–H groups in total. The van der Waals surface area contributed by atoms with E-state index in [1.807, 2.05) is 14.0 Å². The van der Waals surface area contributed by atoms with Crippen molar-refractivity contribution in [2.45, 2.75) is 56.7 Å². The number of hydrogen-bond donors (Lipinski definition) is 1. The molecule has 1 aliphatic rings. The van der Waals surface area contributed by atoms with Crippen molar-refractivity contribution in [2.24, 2.45) is 5.92 Å². The summed E-state index contributed by atoms with van der Waals surface area (Å²) < 4.78 is 0. The van der Waals surface area contributed by atoms with Gasteiger partial charge in [-0.25, -0.2) is 0 Å². The lowest BCUT2D eigenvalue weighted by Gasteiger charge is -2.27. The van der Waals surface area contributed by atoms with Gasteiger partial charge >= 0.3 is 0 Å². The number of nitrogens with zero attached hydrogens (tertiary/aromatic N) is 1. The van der Waals surface area contributed by atoms with Crippen LogP contribution in [0, 0.1) is 17.2 Å². The Morgan fingerprint density at radius 3 is 2.81 bits per heavy atom. The highest BCUT2D eigenvalue weighted by Crippen LogP contribution is 2.32. The molecule has 1 saturated carbocycles. The Morgan fingerprint density at radius 2 is 2.25 bits per heavy atom. The van der Waals surface area contributed by atoms with Crippen molar-refractivity contribution in [1.29, 1.82) is 5.26 Å². The van der Waals surface area contributed by atoms with Gasteiger partial charge in [-0.05, 0) is 44.9 Å². The van der Waals surface area contributed by atoms with Gasteiger partial charge in [0.1, 0.15) is 5.54 Å². The van der Waals surface area contributed by atoms with E-state index in [4.69, 9.17) is 5.26 Å². The number of thioether (sulfide) groups is 1. The molecule has 0 amide bonds. The van der Waals surface area contributed by atoms with Crippen molar-refractivity contribution in [3.05, 3.63) is 0 Å². The molecule has 16 heavy (non-hydrogen) atoms. The monoisotopic (exact) mass is 240 g/mol. The first kappa shape index (κ1) is 13.9. The molecule has 0 bridgehead atoms. The van der Waals surface area contributed by atoms with E-state index in [-0.39, 0.29) is 5.54 Å². The first-order chi connectivity index (χ1) is 7.59. The number of hydrogen-bond acceptors (Lipinski definition) is 3. The molecule has 1 rings (SSSR count). The summed E-state index contributed by atoms with van der Waals surface area (Å²) in [5.41, 5.74) is -0.340. The average Bonchev–Trinajstić information content (AvgIpc) is 2.29. The van der Waals surface area contributed by atoms with Crippen molar-refractivity contribution in [1.82, 2.24) is 5.32 Å². The summed E-state index contributed by atoms with van der Waals surface area (Å²) in [5.74, 6) is 2.00. The molecule has 0 saturated heterocycles. The number of nitrogens with one attached hydrogen (secondary N) is 1. The van der Waals surface area contributed by atoms with Gasteiger partial charge in [-0.3, -0.25) is 0 Å². The van der Waals surface area contributed by atoms with Gasteiger partial charge < -0.3 is 5.32 Å². The Hall–Kier alpha value is -0.200. The largest absolute Gasteiger partial charge is 0.303 e. The van der Waals surface area contributed by atoms with Gasteiger partial charge in [0.05, 0.1) is 6.07 Å². The van der Waals surface area contributed by atoms with Crippen LogP contribution in [0.3, 0.4) is 0 Å². The number of rotatable bonds is 5. The third-order valence-electron chi connectivity index (χ3n) is 3.64. The minimum atomic E-state index is -0.340. The summed E-state index contributed by atoms with van der Waals surface area (Å²) in [6.45, 7) is 4.34. The Morgan fingerprint density at radius 1 is 1.50 bits per heavy atom. The standard InChI is InChI=1S/C13H24N2S/c1-11-5-4-6-12(9-11)16-8-7-13(2,10-14)15-3/h11-12,15H,4-9H2,1-3H3. The van der Waals surface area contributed by atoms with Crippen LogP contribution >= 0.6 is 11.8 Å². The lowest BCUT2D eigenvalue weighted by Crippen LogP contribution is -2.38. The zero-order chi connectivity index (χ0) is 12.0. The Labute approximate surface area is 104 Å². The molecule has 1 aliphatic carbocycles. The maximum absolute atomic E-state index is 9.04. The molecule has 0 aliphatic heterocycles. The van der Waals surface area contributed by atoms with E-state index >= 15 is 0 Å². The first-order valence-electron chi connectivity index (χ1n) is 6.31. The van der Waals surface area contributed by atoms with Crippen LogP contribution in [0.25, 0.3) is 0 Å². The SMILES string of the molecule is CNC(C)(C#N)CCSC1CCCC(C)C1. The molecule has 0 spiro atoms. The molecule has 0 heterocycles. The lowest BCUT2D eigenvalue weighted by atomic mass is 9.91. The summed E-state index contributed by atoms with van der Waals surface area (Å²) in [6, 6.07) is 2.35. The van der Waals surface area contributed by atoms with Crippen molar-refractivity contribution >= 4 is 11.8 Å². The molecule has 0 aromatic heterocycles. The normalized spacial score (nSPS) is 29.4. The molecule has 0 radical (unpaired) electrons. The van der Waals surface area contributed by atoms with Gasteiger partial charge in [0, 0.05) is 5.25 Å². The van der Waals surface area contributed by atoms with Crippen LogP contribution in [-0.2, 0) is 0 Å². The molecule has 0 aromatic rings. The Bertz CT molecular complexity index is 249. The summed E-state index contributed by atoms with van der Waals surface area (Å²) in [6.07, 6.45) is 6.48. The van der Waals surface area contributed by atoms with Crippen LogP contribution in [0.2, 0.25) is 0 Å². The van der Waals surface area contributed by atoms with Gasteiger partial charge in [0.2, 0.25) is 0 Å². The fraction of sp³-hybridized carbons (Fsp3) is 0.923. The molecule has 0 aromatic carbocycles. The molecule has 3 unspecified atom stereocenters. The molecular weight excluding hydrogens is 216 g/mol. The zero-order valence-corrected chi connectivity index (χ0v) is 11.6. The van der Waals surface area contributed by atoms with Crippen LogP contribution in [0.1, 0.15) is 46.0 Å². The molecule has 2 nitrogen and oxygen atoms in total. The third-order valence-corrected chi connectivity index (χ3v) is 4.98. The van der Waals surface area contributed by atoms with Gasteiger partial charge in [0.15, 0.2) is 0 Å². The Balaban J connectivity index is 2.22. The van der Waals surface area contributed by atoms with E-state index in [0.29, 0.717) is 0 Å². The highest BCUT2D eigenvalue weighted by atomic mass is 32.2. The average molecular weight is 240 g/mol. The quantitative estimate of drug-likeness (QED) is 0.801. The third kappa shape index (κ3) is 4.35. The van der Waals surface area contributed by atoms with Crippen molar-refractivity contribution in [3.63, 3.8) is 0 Å². The lowest BCUT2D eigenvalue weighted by molar-refractivity contribution is 0.393. The van der Waals surface area contributed by atoms with Crippen LogP contribution in [-0.4, -0.2) is 23.6 Å². The predicted octanol–water partition coefficient (Wildman–Crippen LogP) is 3.19. The van der Waals surface area contributed by atoms with Gasteiger partial charge in [0.25, 0.3) is 0 Å². The van der Waals surface area contributed by atoms with E-state index in [9.17, 15) is 0 Å². The van der Waals surface area contributed by atoms with Gasteiger partial charge in [-0.1, -0.05) is 19.8 Å². The van der Waals surface area contributed by atoms with E-state index < -0.39 is 0 Å². The van der Waals surface area contributed by atoms with E-state index in [2.05, 4.69) is 30.1 Å². The maximum atomic E-state index is 9.04. The smallest absolute Gasteiger partial charge is 0.104 e. The Kier molecular flexibility index (Phi) is 5.64. The predicted molar refractivity (Wildman–Crippen MR) is 71.6 cm³/mol. The van der Waals surface area contributed by atoms with Crippen molar-refractivity contribution in [2.75, 3.05) is 12.8 Å². The minimum absolute atomic E-state index is 0.340.